The van der Waals surface area contributed by atoms with Crippen LogP contribution in [0.4, 0.5) is 17.1 Å². The van der Waals surface area contributed by atoms with E-state index >= 15 is 0 Å². The van der Waals surface area contributed by atoms with Crippen molar-refractivity contribution in [2.75, 3.05) is 4.90 Å². The molecule has 0 atom stereocenters. The fourth-order valence-corrected chi connectivity index (χ4v) is 15.0. The zero-order chi connectivity index (χ0) is 42.5. The SMILES string of the molecule is c1ccc([Si](c2ccccc2)(c2ccccc2)c2ccc(N(c3ccc(-n4c5ccccc5c5ccccc54)cc3)c3ccc(-n4c5ccccc5c5ccccc54)cc3)cc2)cc1. The molecule has 0 N–H and O–H groups in total. The lowest BCUT2D eigenvalue weighted by atomic mass is 10.1. The van der Waals surface area contributed by atoms with Gasteiger partial charge in [-0.2, -0.15) is 0 Å². The van der Waals surface area contributed by atoms with Crippen LogP contribution in [0, 0.1) is 0 Å². The molecule has 0 aliphatic heterocycles. The van der Waals surface area contributed by atoms with Crippen LogP contribution in [0.15, 0.2) is 261 Å². The molecule has 0 saturated heterocycles. The largest absolute Gasteiger partial charge is 0.311 e. The van der Waals surface area contributed by atoms with Crippen molar-refractivity contribution in [3.8, 4) is 11.4 Å². The van der Waals surface area contributed by atoms with Crippen LogP contribution in [0.3, 0.4) is 0 Å². The molecule has 0 saturated carbocycles. The molecule has 0 radical (unpaired) electrons. The third-order valence-electron chi connectivity index (χ3n) is 13.1. The van der Waals surface area contributed by atoms with Crippen molar-refractivity contribution in [3.05, 3.63) is 261 Å². The maximum Gasteiger partial charge on any atom is 0.179 e. The Morgan fingerprint density at radius 2 is 0.484 bits per heavy atom. The van der Waals surface area contributed by atoms with E-state index in [1.54, 1.807) is 0 Å². The molecule has 0 fully saturated rings. The van der Waals surface area contributed by atoms with E-state index in [1.807, 2.05) is 0 Å². The second-order valence-electron chi connectivity index (χ2n) is 16.5. The highest BCUT2D eigenvalue weighted by molar-refractivity contribution is 7.19. The summed E-state index contributed by atoms with van der Waals surface area (Å²) in [4.78, 5) is 2.39. The Morgan fingerprint density at radius 3 is 0.797 bits per heavy atom. The number of anilines is 3. The summed E-state index contributed by atoms with van der Waals surface area (Å²) in [5, 5.41) is 10.4. The first kappa shape index (κ1) is 37.6. The Morgan fingerprint density at radius 1 is 0.234 bits per heavy atom. The fraction of sp³-hybridized carbons (Fsp3) is 0. The molecule has 0 unspecified atom stereocenters. The number of rotatable bonds is 9. The molecule has 0 bridgehead atoms. The number of aromatic nitrogens is 2. The van der Waals surface area contributed by atoms with Crippen LogP contribution in [0.2, 0.25) is 0 Å². The van der Waals surface area contributed by atoms with Crippen molar-refractivity contribution in [3.63, 3.8) is 0 Å². The maximum atomic E-state index is 2.39. The van der Waals surface area contributed by atoms with Gasteiger partial charge in [0.05, 0.1) is 22.1 Å². The summed E-state index contributed by atoms with van der Waals surface area (Å²) >= 11 is 0. The fourth-order valence-electron chi connectivity index (χ4n) is 10.3. The summed E-state index contributed by atoms with van der Waals surface area (Å²) in [6.07, 6.45) is 0. The van der Waals surface area contributed by atoms with Crippen molar-refractivity contribution in [2.24, 2.45) is 0 Å². The van der Waals surface area contributed by atoms with Gasteiger partial charge in [-0.05, 0) is 106 Å². The van der Waals surface area contributed by atoms with Gasteiger partial charge in [0.15, 0.2) is 8.07 Å². The third-order valence-corrected chi connectivity index (χ3v) is 17.9. The average Bonchev–Trinajstić information content (AvgIpc) is 3.89. The van der Waals surface area contributed by atoms with Gasteiger partial charge in [0.1, 0.15) is 0 Å². The summed E-state index contributed by atoms with van der Waals surface area (Å²) in [7, 11) is -2.71. The highest BCUT2D eigenvalue weighted by Crippen LogP contribution is 2.38. The second-order valence-corrected chi connectivity index (χ2v) is 20.3. The number of para-hydroxylation sites is 4. The highest BCUT2D eigenvalue weighted by Gasteiger charge is 2.41. The standard InChI is InChI=1S/C60H43N3Si/c1-4-18-49(19-5-1)64(50-20-6-2-7-21-50,51-22-8-3-9-23-51)52-42-40-46(41-43-52)61(44-32-36-47(37-33-44)62-57-28-14-10-24-53(57)54-25-11-15-29-58(54)62)45-34-38-48(39-35-45)63-59-30-16-12-26-55(59)56-27-13-17-31-60(56)63/h1-43H. The van der Waals surface area contributed by atoms with Gasteiger partial charge in [-0.15, -0.1) is 0 Å². The quantitative estimate of drug-likeness (QED) is 0.104. The van der Waals surface area contributed by atoms with Crippen molar-refractivity contribution < 1.29 is 0 Å². The van der Waals surface area contributed by atoms with Crippen LogP contribution in [0.5, 0.6) is 0 Å². The predicted molar refractivity (Wildman–Crippen MR) is 273 cm³/mol. The summed E-state index contributed by atoms with van der Waals surface area (Å²) in [5.74, 6) is 0. The molecule has 0 aliphatic rings. The van der Waals surface area contributed by atoms with Gasteiger partial charge < -0.3 is 14.0 Å². The molecule has 3 nitrogen and oxygen atoms in total. The highest BCUT2D eigenvalue weighted by atomic mass is 28.3. The summed E-state index contributed by atoms with van der Waals surface area (Å²) < 4.78 is 4.77. The van der Waals surface area contributed by atoms with E-state index in [4.69, 9.17) is 0 Å². The average molecular weight is 834 g/mol. The number of hydrogen-bond donors (Lipinski definition) is 0. The molecular weight excluding hydrogens is 791 g/mol. The van der Waals surface area contributed by atoms with Crippen LogP contribution in [-0.4, -0.2) is 17.2 Å². The first-order chi connectivity index (χ1) is 31.8. The molecule has 10 aromatic carbocycles. The smallest absolute Gasteiger partial charge is 0.179 e. The minimum Gasteiger partial charge on any atom is -0.311 e. The van der Waals surface area contributed by atoms with Gasteiger partial charge >= 0.3 is 0 Å². The summed E-state index contributed by atoms with van der Waals surface area (Å²) in [6.45, 7) is 0. The Kier molecular flexibility index (Phi) is 9.17. The van der Waals surface area contributed by atoms with Gasteiger partial charge in [-0.1, -0.05) is 176 Å². The zero-order valence-electron chi connectivity index (χ0n) is 35.2. The van der Waals surface area contributed by atoms with E-state index in [2.05, 4.69) is 275 Å². The Bertz CT molecular complexity index is 3220. The van der Waals surface area contributed by atoms with Crippen LogP contribution in [0.1, 0.15) is 0 Å². The molecular formula is C60H43N3Si. The van der Waals surface area contributed by atoms with Gasteiger partial charge in [0, 0.05) is 50.0 Å². The Labute approximate surface area is 374 Å². The monoisotopic (exact) mass is 833 g/mol. The van der Waals surface area contributed by atoms with Crippen LogP contribution >= 0.6 is 0 Å². The lowest BCUT2D eigenvalue weighted by Crippen LogP contribution is -2.74. The minimum absolute atomic E-state index is 1.08. The number of benzene rings is 10. The molecule has 0 aliphatic carbocycles. The van der Waals surface area contributed by atoms with Gasteiger partial charge in [-0.25, -0.2) is 0 Å². The number of hydrogen-bond acceptors (Lipinski definition) is 1. The van der Waals surface area contributed by atoms with Gasteiger partial charge in [-0.3, -0.25) is 0 Å². The Hall–Kier alpha value is -8.18. The van der Waals surface area contributed by atoms with Crippen molar-refractivity contribution in [1.29, 1.82) is 0 Å². The maximum absolute atomic E-state index is 2.71. The van der Waals surface area contributed by atoms with E-state index in [9.17, 15) is 0 Å². The molecule has 64 heavy (non-hydrogen) atoms. The molecule has 0 amide bonds. The minimum atomic E-state index is -2.71. The van der Waals surface area contributed by atoms with E-state index in [0.29, 0.717) is 0 Å². The predicted octanol–water partition coefficient (Wildman–Crippen LogP) is 12.7. The van der Waals surface area contributed by atoms with E-state index in [-0.39, 0.29) is 0 Å². The molecule has 12 aromatic rings. The number of fused-ring (bicyclic) bond motifs is 6. The lowest BCUT2D eigenvalue weighted by Gasteiger charge is -2.35. The van der Waals surface area contributed by atoms with Crippen LogP contribution < -0.4 is 25.6 Å². The summed E-state index contributed by atoms with van der Waals surface area (Å²) in [6, 6.07) is 95.8. The zero-order valence-corrected chi connectivity index (χ0v) is 36.2. The number of nitrogens with zero attached hydrogens (tertiary/aromatic N) is 3. The van der Waals surface area contributed by atoms with Crippen LogP contribution in [-0.2, 0) is 0 Å². The van der Waals surface area contributed by atoms with Crippen molar-refractivity contribution in [2.45, 2.75) is 0 Å². The van der Waals surface area contributed by atoms with E-state index < -0.39 is 8.07 Å². The van der Waals surface area contributed by atoms with E-state index in [0.717, 1.165) is 28.4 Å². The molecule has 2 heterocycles. The van der Waals surface area contributed by atoms with Gasteiger partial charge in [0.2, 0.25) is 0 Å². The normalized spacial score (nSPS) is 11.8. The lowest BCUT2D eigenvalue weighted by molar-refractivity contribution is 1.17. The van der Waals surface area contributed by atoms with Crippen LogP contribution in [0.25, 0.3) is 55.0 Å². The topological polar surface area (TPSA) is 13.1 Å². The first-order valence-electron chi connectivity index (χ1n) is 22.0. The van der Waals surface area contributed by atoms with Crippen molar-refractivity contribution in [1.82, 2.24) is 9.13 Å². The van der Waals surface area contributed by atoms with E-state index in [1.165, 1.54) is 64.4 Å². The molecule has 0 spiro atoms. The van der Waals surface area contributed by atoms with Gasteiger partial charge in [0.25, 0.3) is 0 Å². The third kappa shape index (κ3) is 6.03. The Balaban J connectivity index is 1.02. The first-order valence-corrected chi connectivity index (χ1v) is 24.0. The summed E-state index contributed by atoms with van der Waals surface area (Å²) in [5.41, 5.74) is 10.3. The molecule has 302 valence electrons. The second kappa shape index (κ2) is 15.6. The molecule has 4 heteroatoms. The molecule has 12 rings (SSSR count). The van der Waals surface area contributed by atoms with Crippen molar-refractivity contribution >= 4 is 89.5 Å². The molecule has 2 aromatic heterocycles.